The van der Waals surface area contributed by atoms with Gasteiger partial charge in [-0.15, -0.1) is 0 Å². The zero-order chi connectivity index (χ0) is 11.2. The van der Waals surface area contributed by atoms with Crippen molar-refractivity contribution in [3.8, 4) is 5.75 Å². The van der Waals surface area contributed by atoms with Crippen LogP contribution < -0.4 is 10.5 Å². The van der Waals surface area contributed by atoms with Gasteiger partial charge >= 0.3 is 0 Å². The molecule has 0 radical (unpaired) electrons. The third-order valence-corrected chi connectivity index (χ3v) is 3.99. The molecular weight excluding hydrogens is 198 g/mol. The summed E-state index contributed by atoms with van der Waals surface area (Å²) in [5.74, 6) is 1.07. The van der Waals surface area contributed by atoms with Crippen molar-refractivity contribution in [1.82, 2.24) is 0 Å². The summed E-state index contributed by atoms with van der Waals surface area (Å²) in [6.07, 6.45) is 7.07. The molecule has 1 aromatic carbocycles. The van der Waals surface area contributed by atoms with E-state index in [2.05, 4.69) is 12.1 Å². The number of benzene rings is 1. The Balaban J connectivity index is 1.97. The Morgan fingerprint density at radius 3 is 2.69 bits per heavy atom. The van der Waals surface area contributed by atoms with Gasteiger partial charge in [-0.1, -0.05) is 6.07 Å². The van der Waals surface area contributed by atoms with Gasteiger partial charge in [0.15, 0.2) is 0 Å². The van der Waals surface area contributed by atoms with Crippen LogP contribution in [0.15, 0.2) is 12.1 Å². The zero-order valence-corrected chi connectivity index (χ0v) is 9.88. The number of nitrogens with two attached hydrogens (primary N) is 1. The monoisotopic (exact) mass is 217 g/mol. The molecule has 2 aliphatic carbocycles. The van der Waals surface area contributed by atoms with Gasteiger partial charge < -0.3 is 10.5 Å². The van der Waals surface area contributed by atoms with Gasteiger partial charge in [-0.2, -0.15) is 0 Å². The third kappa shape index (κ3) is 1.61. The maximum Gasteiger partial charge on any atom is 0.122 e. The summed E-state index contributed by atoms with van der Waals surface area (Å²) in [4.78, 5) is 0. The second kappa shape index (κ2) is 3.49. The smallest absolute Gasteiger partial charge is 0.122 e. The van der Waals surface area contributed by atoms with Crippen molar-refractivity contribution in [2.45, 2.75) is 44.1 Å². The first-order chi connectivity index (χ1) is 7.72. The maximum atomic E-state index is 6.21. The molecule has 0 bridgehead atoms. The van der Waals surface area contributed by atoms with Gasteiger partial charge in [0.25, 0.3) is 0 Å². The van der Waals surface area contributed by atoms with Crippen LogP contribution in [0.4, 0.5) is 0 Å². The Hall–Kier alpha value is -1.02. The van der Waals surface area contributed by atoms with Crippen LogP contribution in [0.25, 0.3) is 0 Å². The average molecular weight is 217 g/mol. The average Bonchev–Trinajstić information content (AvgIpc) is 2.82. The van der Waals surface area contributed by atoms with Crippen molar-refractivity contribution in [1.29, 1.82) is 0 Å². The molecular formula is C14H19NO. The molecule has 2 N–H and O–H groups in total. The van der Waals surface area contributed by atoms with Gasteiger partial charge in [-0.3, -0.25) is 0 Å². The SMILES string of the molecule is COc1ccc(CC2(N)CC2)c2c1CCC2. The van der Waals surface area contributed by atoms with Crippen molar-refractivity contribution >= 4 is 0 Å². The molecule has 0 atom stereocenters. The van der Waals surface area contributed by atoms with Gasteiger partial charge in [-0.05, 0) is 61.3 Å². The van der Waals surface area contributed by atoms with Crippen LogP contribution in [-0.2, 0) is 19.3 Å². The molecule has 16 heavy (non-hydrogen) atoms. The van der Waals surface area contributed by atoms with E-state index in [4.69, 9.17) is 10.5 Å². The fourth-order valence-corrected chi connectivity index (χ4v) is 2.82. The topological polar surface area (TPSA) is 35.2 Å². The second-order valence-corrected chi connectivity index (χ2v) is 5.28. The third-order valence-electron chi connectivity index (χ3n) is 3.99. The lowest BCUT2D eigenvalue weighted by molar-refractivity contribution is 0.410. The molecule has 0 amide bonds. The van der Waals surface area contributed by atoms with E-state index in [1.165, 1.54) is 48.8 Å². The number of hydrogen-bond donors (Lipinski definition) is 1. The minimum atomic E-state index is 0.116. The molecule has 3 rings (SSSR count). The summed E-state index contributed by atoms with van der Waals surface area (Å²) in [5, 5.41) is 0. The standard InChI is InChI=1S/C14H19NO/c1-16-13-6-5-10(9-14(15)7-8-14)11-3-2-4-12(11)13/h5-6H,2-4,7-9,15H2,1H3. The molecule has 1 saturated carbocycles. The fourth-order valence-electron chi connectivity index (χ4n) is 2.82. The molecule has 0 spiro atoms. The van der Waals surface area contributed by atoms with Gasteiger partial charge in [0.05, 0.1) is 7.11 Å². The van der Waals surface area contributed by atoms with E-state index >= 15 is 0 Å². The van der Waals surface area contributed by atoms with Crippen molar-refractivity contribution < 1.29 is 4.74 Å². The van der Waals surface area contributed by atoms with Crippen LogP contribution in [-0.4, -0.2) is 12.6 Å². The van der Waals surface area contributed by atoms with Crippen LogP contribution >= 0.6 is 0 Å². The van der Waals surface area contributed by atoms with E-state index in [-0.39, 0.29) is 5.54 Å². The van der Waals surface area contributed by atoms with E-state index in [9.17, 15) is 0 Å². The first kappa shape index (κ1) is 10.2. The van der Waals surface area contributed by atoms with E-state index < -0.39 is 0 Å². The first-order valence-electron chi connectivity index (χ1n) is 6.18. The number of ether oxygens (including phenoxy) is 1. The molecule has 0 heterocycles. The van der Waals surface area contributed by atoms with Crippen molar-refractivity contribution in [2.24, 2.45) is 5.73 Å². The van der Waals surface area contributed by atoms with Crippen LogP contribution in [0.3, 0.4) is 0 Å². The minimum Gasteiger partial charge on any atom is -0.496 e. The lowest BCUT2D eigenvalue weighted by Gasteiger charge is -2.15. The molecule has 0 aromatic heterocycles. The minimum absolute atomic E-state index is 0.116. The molecule has 2 aliphatic rings. The van der Waals surface area contributed by atoms with E-state index in [0.29, 0.717) is 0 Å². The highest BCUT2D eigenvalue weighted by atomic mass is 16.5. The summed E-state index contributed by atoms with van der Waals surface area (Å²) in [7, 11) is 1.76. The molecule has 0 aliphatic heterocycles. The maximum absolute atomic E-state index is 6.21. The summed E-state index contributed by atoms with van der Waals surface area (Å²) >= 11 is 0. The van der Waals surface area contributed by atoms with Crippen LogP contribution in [0.2, 0.25) is 0 Å². The van der Waals surface area contributed by atoms with Crippen molar-refractivity contribution in [2.75, 3.05) is 7.11 Å². The number of rotatable bonds is 3. The lowest BCUT2D eigenvalue weighted by atomic mass is 9.96. The summed E-state index contributed by atoms with van der Waals surface area (Å²) < 4.78 is 5.43. The summed E-state index contributed by atoms with van der Waals surface area (Å²) in [5.41, 5.74) is 10.8. The highest BCUT2D eigenvalue weighted by molar-refractivity contribution is 5.48. The Kier molecular flexibility index (Phi) is 2.21. The van der Waals surface area contributed by atoms with E-state index in [1.54, 1.807) is 7.11 Å². The van der Waals surface area contributed by atoms with Gasteiger partial charge in [0, 0.05) is 5.54 Å². The van der Waals surface area contributed by atoms with Crippen LogP contribution in [0.1, 0.15) is 36.0 Å². The molecule has 2 heteroatoms. The van der Waals surface area contributed by atoms with Gasteiger partial charge in [0.2, 0.25) is 0 Å². The Bertz CT molecular complexity index is 421. The number of hydrogen-bond acceptors (Lipinski definition) is 2. The second-order valence-electron chi connectivity index (χ2n) is 5.28. The fraction of sp³-hybridized carbons (Fsp3) is 0.571. The highest BCUT2D eigenvalue weighted by Gasteiger charge is 2.39. The zero-order valence-electron chi connectivity index (χ0n) is 9.88. The first-order valence-corrected chi connectivity index (χ1v) is 6.18. The Labute approximate surface area is 96.8 Å². The van der Waals surface area contributed by atoms with Crippen molar-refractivity contribution in [3.63, 3.8) is 0 Å². The molecule has 0 unspecified atom stereocenters. The summed E-state index contributed by atoms with van der Waals surface area (Å²) in [6, 6.07) is 4.33. The van der Waals surface area contributed by atoms with Crippen molar-refractivity contribution in [3.05, 3.63) is 28.8 Å². The molecule has 0 saturated heterocycles. The van der Waals surface area contributed by atoms with Gasteiger partial charge in [0.1, 0.15) is 5.75 Å². The normalized spacial score (nSPS) is 20.6. The van der Waals surface area contributed by atoms with E-state index in [0.717, 1.165) is 12.2 Å². The Morgan fingerprint density at radius 2 is 2.00 bits per heavy atom. The van der Waals surface area contributed by atoms with Crippen LogP contribution in [0, 0.1) is 0 Å². The highest BCUT2D eigenvalue weighted by Crippen LogP contribution is 2.40. The molecule has 2 nitrogen and oxygen atoms in total. The molecule has 86 valence electrons. The Morgan fingerprint density at radius 1 is 1.25 bits per heavy atom. The summed E-state index contributed by atoms with van der Waals surface area (Å²) in [6.45, 7) is 0. The quantitative estimate of drug-likeness (QED) is 0.842. The predicted molar refractivity (Wildman–Crippen MR) is 64.9 cm³/mol. The lowest BCUT2D eigenvalue weighted by Crippen LogP contribution is -2.25. The van der Waals surface area contributed by atoms with Gasteiger partial charge in [-0.25, -0.2) is 0 Å². The number of methoxy groups -OCH3 is 1. The van der Waals surface area contributed by atoms with E-state index in [1.807, 2.05) is 0 Å². The molecule has 1 aromatic rings. The molecule has 1 fully saturated rings. The largest absolute Gasteiger partial charge is 0.496 e. The van der Waals surface area contributed by atoms with Crippen LogP contribution in [0.5, 0.6) is 5.75 Å². The number of fused-ring (bicyclic) bond motifs is 1. The predicted octanol–water partition coefficient (Wildman–Crippen LogP) is 2.22.